The zero-order valence-corrected chi connectivity index (χ0v) is 20.7. The normalized spacial score (nSPS) is 29.3. The lowest BCUT2D eigenvalue weighted by molar-refractivity contribution is -0.139. The Morgan fingerprint density at radius 3 is 2.65 bits per heavy atom. The third-order valence-electron chi connectivity index (χ3n) is 7.32. The fraction of sp³-hybridized carbons (Fsp3) is 0.640. The van der Waals surface area contributed by atoms with Crippen molar-refractivity contribution in [3.63, 3.8) is 0 Å². The molecule has 2 unspecified atom stereocenters. The molecule has 1 spiro atoms. The molecule has 3 N–H and O–H groups in total. The number of carbonyl (C=O) groups is 3. The Balaban J connectivity index is 1.60. The van der Waals surface area contributed by atoms with Crippen LogP contribution in [0.25, 0.3) is 0 Å². The van der Waals surface area contributed by atoms with Crippen LogP contribution in [0.15, 0.2) is 24.3 Å². The Bertz CT molecular complexity index is 910. The number of ether oxygens (including phenoxy) is 1. The minimum atomic E-state index is -0.625. The van der Waals surface area contributed by atoms with Gasteiger partial charge in [-0.15, -0.1) is 11.8 Å². The molecule has 186 valence electrons. The van der Waals surface area contributed by atoms with Crippen molar-refractivity contribution in [1.29, 1.82) is 0 Å². The molecule has 2 bridgehead atoms. The molecule has 0 aromatic heterocycles. The van der Waals surface area contributed by atoms with Crippen molar-refractivity contribution in [2.24, 2.45) is 11.8 Å². The number of amides is 3. The highest BCUT2D eigenvalue weighted by Crippen LogP contribution is 2.66. The summed E-state index contributed by atoms with van der Waals surface area (Å²) in [6.07, 6.45) is 4.58. The number of methoxy groups -OCH3 is 1. The number of likely N-dealkylation sites (tertiary alicyclic amines) is 1. The second-order valence-electron chi connectivity index (χ2n) is 9.38. The number of hydrogen-bond donors (Lipinski definition) is 3. The number of aliphatic hydroxyl groups is 1. The second kappa shape index (κ2) is 10.6. The SMILES string of the molecule is CCCNC(=O)[C@@H]1[C@H]2C(=O)N(CCCCCO)C(C(=O)Nc3ccc(OC)cc3)C23CC[C@H]1S3. The number of fused-ring (bicyclic) bond motifs is 1. The molecule has 3 aliphatic rings. The molecule has 4 rings (SSSR count). The number of nitrogens with zero attached hydrogens (tertiary/aromatic N) is 1. The summed E-state index contributed by atoms with van der Waals surface area (Å²) in [4.78, 5) is 42.3. The van der Waals surface area contributed by atoms with Crippen LogP contribution in [0.2, 0.25) is 0 Å². The van der Waals surface area contributed by atoms with Gasteiger partial charge in [-0.05, 0) is 62.8 Å². The molecule has 5 atom stereocenters. The van der Waals surface area contributed by atoms with Gasteiger partial charge < -0.3 is 25.4 Å². The lowest BCUT2D eigenvalue weighted by atomic mass is 9.70. The molecule has 0 aliphatic carbocycles. The van der Waals surface area contributed by atoms with Crippen molar-refractivity contribution in [2.45, 2.75) is 61.5 Å². The van der Waals surface area contributed by atoms with Gasteiger partial charge in [-0.25, -0.2) is 0 Å². The minimum Gasteiger partial charge on any atom is -0.497 e. The summed E-state index contributed by atoms with van der Waals surface area (Å²) in [6, 6.07) is 6.52. The molecule has 8 nitrogen and oxygen atoms in total. The number of nitrogens with one attached hydrogen (secondary N) is 2. The average molecular weight is 490 g/mol. The molecule has 3 amide bonds. The summed E-state index contributed by atoms with van der Waals surface area (Å²) in [5.41, 5.74) is 0.646. The Morgan fingerprint density at radius 2 is 1.97 bits per heavy atom. The van der Waals surface area contributed by atoms with Gasteiger partial charge in [-0.3, -0.25) is 14.4 Å². The third kappa shape index (κ3) is 4.40. The highest BCUT2D eigenvalue weighted by atomic mass is 32.2. The van der Waals surface area contributed by atoms with Crippen LogP contribution >= 0.6 is 11.8 Å². The van der Waals surface area contributed by atoms with Crippen LogP contribution < -0.4 is 15.4 Å². The predicted octanol–water partition coefficient (Wildman–Crippen LogP) is 2.41. The largest absolute Gasteiger partial charge is 0.497 e. The number of rotatable bonds is 11. The monoisotopic (exact) mass is 489 g/mol. The lowest BCUT2D eigenvalue weighted by Crippen LogP contribution is -2.51. The first-order valence-electron chi connectivity index (χ1n) is 12.3. The van der Waals surface area contributed by atoms with Gasteiger partial charge in [0.15, 0.2) is 0 Å². The van der Waals surface area contributed by atoms with E-state index in [1.165, 1.54) is 0 Å². The van der Waals surface area contributed by atoms with Crippen molar-refractivity contribution in [3.8, 4) is 5.75 Å². The number of aliphatic hydroxyl groups excluding tert-OH is 1. The summed E-state index contributed by atoms with van der Waals surface area (Å²) >= 11 is 1.68. The van der Waals surface area contributed by atoms with Crippen molar-refractivity contribution >= 4 is 35.2 Å². The average Bonchev–Trinajstić information content (AvgIpc) is 3.48. The van der Waals surface area contributed by atoms with Gasteiger partial charge in [0, 0.05) is 30.6 Å². The maximum absolute atomic E-state index is 13.8. The van der Waals surface area contributed by atoms with Crippen LogP contribution in [0.1, 0.15) is 45.4 Å². The van der Waals surface area contributed by atoms with E-state index in [4.69, 9.17) is 9.84 Å². The molecule has 9 heteroatoms. The van der Waals surface area contributed by atoms with E-state index in [9.17, 15) is 14.4 Å². The van der Waals surface area contributed by atoms with Gasteiger partial charge in [0.05, 0.1) is 23.7 Å². The van der Waals surface area contributed by atoms with Crippen LogP contribution in [0.5, 0.6) is 5.75 Å². The fourth-order valence-electron chi connectivity index (χ4n) is 5.82. The van der Waals surface area contributed by atoms with E-state index in [2.05, 4.69) is 10.6 Å². The molecule has 3 fully saturated rings. The molecule has 3 aliphatic heterocycles. The van der Waals surface area contributed by atoms with Crippen molar-refractivity contribution in [2.75, 3.05) is 32.1 Å². The van der Waals surface area contributed by atoms with E-state index < -0.39 is 22.6 Å². The smallest absolute Gasteiger partial charge is 0.248 e. The maximum atomic E-state index is 13.8. The number of carbonyl (C=O) groups excluding carboxylic acids is 3. The summed E-state index contributed by atoms with van der Waals surface area (Å²) < 4.78 is 4.62. The lowest BCUT2D eigenvalue weighted by Gasteiger charge is -2.34. The molecular formula is C25H35N3O5S. The summed E-state index contributed by atoms with van der Waals surface area (Å²) in [5.74, 6) is -0.509. The molecule has 0 saturated carbocycles. The molecule has 1 aromatic rings. The highest BCUT2D eigenvalue weighted by molar-refractivity contribution is 8.02. The summed E-state index contributed by atoms with van der Waals surface area (Å²) in [6.45, 7) is 3.16. The van der Waals surface area contributed by atoms with Gasteiger partial charge in [0.1, 0.15) is 11.8 Å². The summed E-state index contributed by atoms with van der Waals surface area (Å²) in [5, 5.41) is 15.2. The van der Waals surface area contributed by atoms with Gasteiger partial charge >= 0.3 is 0 Å². The van der Waals surface area contributed by atoms with E-state index >= 15 is 0 Å². The quantitative estimate of drug-likeness (QED) is 0.412. The molecule has 3 saturated heterocycles. The first-order valence-corrected chi connectivity index (χ1v) is 13.2. The van der Waals surface area contributed by atoms with E-state index in [0.717, 1.165) is 25.7 Å². The number of unbranched alkanes of at least 4 members (excludes halogenated alkanes) is 2. The van der Waals surface area contributed by atoms with Crippen LogP contribution in [0, 0.1) is 11.8 Å². The number of anilines is 1. The second-order valence-corrected chi connectivity index (χ2v) is 11.0. The zero-order chi connectivity index (χ0) is 24.3. The first-order chi connectivity index (χ1) is 16.5. The Labute approximate surface area is 205 Å². The number of hydrogen-bond acceptors (Lipinski definition) is 6. The molecule has 34 heavy (non-hydrogen) atoms. The highest BCUT2D eigenvalue weighted by Gasteiger charge is 2.73. The van der Waals surface area contributed by atoms with Crippen molar-refractivity contribution in [1.82, 2.24) is 10.2 Å². The van der Waals surface area contributed by atoms with Crippen LogP contribution in [-0.2, 0) is 14.4 Å². The van der Waals surface area contributed by atoms with Crippen LogP contribution in [-0.4, -0.2) is 70.6 Å². The van der Waals surface area contributed by atoms with E-state index in [1.54, 1.807) is 48.0 Å². The van der Waals surface area contributed by atoms with Crippen LogP contribution in [0.3, 0.4) is 0 Å². The Morgan fingerprint density at radius 1 is 1.21 bits per heavy atom. The van der Waals surface area contributed by atoms with E-state index in [1.807, 2.05) is 6.92 Å². The van der Waals surface area contributed by atoms with Gasteiger partial charge in [-0.2, -0.15) is 0 Å². The van der Waals surface area contributed by atoms with Crippen molar-refractivity contribution < 1.29 is 24.2 Å². The number of benzene rings is 1. The van der Waals surface area contributed by atoms with Gasteiger partial charge in [0.2, 0.25) is 17.7 Å². The predicted molar refractivity (Wildman–Crippen MR) is 132 cm³/mol. The van der Waals surface area contributed by atoms with E-state index in [-0.39, 0.29) is 29.6 Å². The van der Waals surface area contributed by atoms with E-state index in [0.29, 0.717) is 37.4 Å². The standard InChI is InChI=1S/C25H35N3O5S/c1-3-13-26-22(30)19-18-11-12-25(34-18)20(19)24(32)28(14-5-4-6-15-29)21(25)23(31)27-16-7-9-17(33-2)10-8-16/h7-10,18-21,29H,3-6,11-15H2,1-2H3,(H,26,30)(H,27,31)/t18-,19+,20+,21?,25?/m1/s1. The molecule has 1 aromatic carbocycles. The Kier molecular flexibility index (Phi) is 7.72. The third-order valence-corrected chi connectivity index (χ3v) is 9.27. The molecular weight excluding hydrogens is 454 g/mol. The Hall–Kier alpha value is -2.26. The summed E-state index contributed by atoms with van der Waals surface area (Å²) in [7, 11) is 1.59. The maximum Gasteiger partial charge on any atom is 0.248 e. The molecule has 3 heterocycles. The topological polar surface area (TPSA) is 108 Å². The zero-order valence-electron chi connectivity index (χ0n) is 19.9. The fourth-order valence-corrected chi connectivity index (χ4v) is 8.04. The van der Waals surface area contributed by atoms with Crippen molar-refractivity contribution in [3.05, 3.63) is 24.3 Å². The first kappa shape index (κ1) is 24.9. The minimum absolute atomic E-state index is 0.0595. The van der Waals surface area contributed by atoms with Gasteiger partial charge in [0.25, 0.3) is 0 Å². The van der Waals surface area contributed by atoms with Crippen LogP contribution in [0.4, 0.5) is 5.69 Å². The number of thioether (sulfide) groups is 1. The van der Waals surface area contributed by atoms with Gasteiger partial charge in [-0.1, -0.05) is 6.92 Å². The molecule has 0 radical (unpaired) electrons.